The largest absolute Gasteiger partial charge is 0.496 e. The van der Waals surface area contributed by atoms with E-state index in [1.807, 2.05) is 18.2 Å². The van der Waals surface area contributed by atoms with Crippen molar-refractivity contribution >= 4 is 0 Å². The lowest BCUT2D eigenvalue weighted by atomic mass is 9.79. The van der Waals surface area contributed by atoms with Crippen LogP contribution < -0.4 is 4.74 Å². The van der Waals surface area contributed by atoms with Gasteiger partial charge in [-0.25, -0.2) is 8.78 Å². The van der Waals surface area contributed by atoms with Gasteiger partial charge >= 0.3 is 0 Å². The summed E-state index contributed by atoms with van der Waals surface area (Å²) in [6.07, 6.45) is 3.01. The van der Waals surface area contributed by atoms with Crippen LogP contribution in [0.4, 0.5) is 8.78 Å². The van der Waals surface area contributed by atoms with E-state index in [0.717, 1.165) is 31.5 Å². The Balaban J connectivity index is 1.61. The molecule has 0 amide bonds. The molecule has 2 fully saturated rings. The monoisotopic (exact) mass is 359 g/mol. The van der Waals surface area contributed by atoms with Crippen molar-refractivity contribution in [1.82, 2.24) is 4.90 Å². The zero-order chi connectivity index (χ0) is 18.3. The number of nitrogens with zero attached hydrogens (tertiary/aromatic N) is 1. The van der Waals surface area contributed by atoms with Crippen molar-refractivity contribution in [3.05, 3.63) is 65.2 Å². The second-order valence-electron chi connectivity index (χ2n) is 7.45. The van der Waals surface area contributed by atoms with Crippen molar-refractivity contribution < 1.29 is 18.6 Å². The fourth-order valence-electron chi connectivity index (χ4n) is 4.65. The van der Waals surface area contributed by atoms with Gasteiger partial charge in [0.1, 0.15) is 5.75 Å². The first-order valence-electron chi connectivity index (χ1n) is 9.06. The summed E-state index contributed by atoms with van der Waals surface area (Å²) < 4.78 is 32.6. The molecule has 0 radical (unpaired) electrons. The Labute approximate surface area is 152 Å². The Hall–Kier alpha value is -1.98. The molecule has 4 rings (SSSR count). The maximum absolute atomic E-state index is 13.8. The number of rotatable bonds is 4. The van der Waals surface area contributed by atoms with Gasteiger partial charge < -0.3 is 9.84 Å². The van der Waals surface area contributed by atoms with Crippen LogP contribution in [0.25, 0.3) is 0 Å². The number of ether oxygens (including phenoxy) is 1. The molecular weight excluding hydrogens is 336 g/mol. The van der Waals surface area contributed by atoms with Gasteiger partial charge in [0.25, 0.3) is 0 Å². The van der Waals surface area contributed by atoms with Crippen LogP contribution in [0.1, 0.15) is 36.8 Å². The normalized spacial score (nSPS) is 28.3. The highest BCUT2D eigenvalue weighted by atomic mass is 19.2. The van der Waals surface area contributed by atoms with Gasteiger partial charge in [0.15, 0.2) is 11.6 Å². The lowest BCUT2D eigenvalue weighted by molar-refractivity contribution is -0.0609. The number of methoxy groups -OCH3 is 1. The number of aliphatic hydroxyl groups is 1. The minimum Gasteiger partial charge on any atom is -0.496 e. The second kappa shape index (κ2) is 6.63. The standard InChI is InChI=1S/C21H23F2NO2/c1-26-20-10-19(23)18(22)9-17(20)21(25)11-15-7-8-16(12-21)24(15)13-14-5-3-2-4-6-14/h2-6,9-10,15-16,25H,7-8,11-13H2,1H3. The van der Waals surface area contributed by atoms with Gasteiger partial charge in [0.2, 0.25) is 0 Å². The Kier molecular flexibility index (Phi) is 4.45. The molecule has 0 spiro atoms. The van der Waals surface area contributed by atoms with E-state index < -0.39 is 17.2 Å². The van der Waals surface area contributed by atoms with Gasteiger partial charge in [-0.2, -0.15) is 0 Å². The zero-order valence-corrected chi connectivity index (χ0v) is 14.8. The van der Waals surface area contributed by atoms with E-state index in [4.69, 9.17) is 4.74 Å². The first-order chi connectivity index (χ1) is 12.5. The van der Waals surface area contributed by atoms with Crippen molar-refractivity contribution in [3.63, 3.8) is 0 Å². The maximum atomic E-state index is 13.8. The maximum Gasteiger partial charge on any atom is 0.162 e. The quantitative estimate of drug-likeness (QED) is 0.896. The molecule has 138 valence electrons. The molecule has 2 aliphatic rings. The van der Waals surface area contributed by atoms with Crippen molar-refractivity contribution in [2.45, 2.75) is 49.9 Å². The highest BCUT2D eigenvalue weighted by Crippen LogP contribution is 2.48. The van der Waals surface area contributed by atoms with Crippen LogP contribution >= 0.6 is 0 Å². The molecule has 1 N–H and O–H groups in total. The summed E-state index contributed by atoms with van der Waals surface area (Å²) in [4.78, 5) is 2.44. The summed E-state index contributed by atoms with van der Waals surface area (Å²) in [6, 6.07) is 12.8. The predicted octanol–water partition coefficient (Wildman–Crippen LogP) is 3.99. The molecule has 3 nitrogen and oxygen atoms in total. The third-order valence-corrected chi connectivity index (χ3v) is 5.87. The average Bonchev–Trinajstić information content (AvgIpc) is 2.88. The van der Waals surface area contributed by atoms with E-state index in [0.29, 0.717) is 18.4 Å². The Bertz CT molecular complexity index is 782. The molecule has 2 aliphatic heterocycles. The Morgan fingerprint density at radius 1 is 1.08 bits per heavy atom. The van der Waals surface area contributed by atoms with Gasteiger partial charge in [0, 0.05) is 30.3 Å². The number of piperidine rings is 1. The molecule has 2 atom stereocenters. The highest BCUT2D eigenvalue weighted by molar-refractivity contribution is 5.40. The minimum absolute atomic E-state index is 0.210. The summed E-state index contributed by atoms with van der Waals surface area (Å²) in [6.45, 7) is 0.848. The van der Waals surface area contributed by atoms with E-state index in [2.05, 4.69) is 17.0 Å². The predicted molar refractivity (Wildman–Crippen MR) is 94.8 cm³/mol. The van der Waals surface area contributed by atoms with E-state index in [1.165, 1.54) is 12.7 Å². The van der Waals surface area contributed by atoms with Gasteiger partial charge in [-0.05, 0) is 37.3 Å². The topological polar surface area (TPSA) is 32.7 Å². The highest BCUT2D eigenvalue weighted by Gasteiger charge is 2.49. The lowest BCUT2D eigenvalue weighted by Crippen LogP contribution is -2.49. The SMILES string of the molecule is COc1cc(F)c(F)cc1C1(O)CC2CCC(C1)N2Cc1ccccc1. The first-order valence-corrected chi connectivity index (χ1v) is 9.06. The van der Waals surface area contributed by atoms with Crippen LogP contribution in [0.5, 0.6) is 5.75 Å². The van der Waals surface area contributed by atoms with E-state index in [1.54, 1.807) is 0 Å². The van der Waals surface area contributed by atoms with Crippen molar-refractivity contribution in [2.75, 3.05) is 7.11 Å². The van der Waals surface area contributed by atoms with Crippen LogP contribution in [0.2, 0.25) is 0 Å². The van der Waals surface area contributed by atoms with Crippen LogP contribution in [0.3, 0.4) is 0 Å². The number of hydrogen-bond donors (Lipinski definition) is 1. The van der Waals surface area contributed by atoms with Crippen molar-refractivity contribution in [2.24, 2.45) is 0 Å². The van der Waals surface area contributed by atoms with Crippen molar-refractivity contribution in [1.29, 1.82) is 0 Å². The molecule has 0 aliphatic carbocycles. The van der Waals surface area contributed by atoms with E-state index in [9.17, 15) is 13.9 Å². The molecule has 2 saturated heterocycles. The van der Waals surface area contributed by atoms with Crippen LogP contribution in [-0.4, -0.2) is 29.2 Å². The number of benzene rings is 2. The van der Waals surface area contributed by atoms with Gasteiger partial charge in [-0.3, -0.25) is 4.90 Å². The van der Waals surface area contributed by atoms with Gasteiger partial charge in [-0.1, -0.05) is 30.3 Å². The van der Waals surface area contributed by atoms with Crippen molar-refractivity contribution in [3.8, 4) is 5.75 Å². The molecule has 2 unspecified atom stereocenters. The molecule has 0 saturated carbocycles. The summed E-state index contributed by atoms with van der Waals surface area (Å²) in [5.41, 5.74) is 0.411. The average molecular weight is 359 g/mol. The van der Waals surface area contributed by atoms with Crippen LogP contribution in [0.15, 0.2) is 42.5 Å². The third kappa shape index (κ3) is 2.99. The molecule has 5 heteroatoms. The molecule has 2 bridgehead atoms. The molecule has 2 aromatic carbocycles. The summed E-state index contributed by atoms with van der Waals surface area (Å²) in [5.74, 6) is -1.70. The fourth-order valence-corrected chi connectivity index (χ4v) is 4.65. The number of halogens is 2. The fraction of sp³-hybridized carbons (Fsp3) is 0.429. The second-order valence-corrected chi connectivity index (χ2v) is 7.45. The molecular formula is C21H23F2NO2. The molecule has 26 heavy (non-hydrogen) atoms. The smallest absolute Gasteiger partial charge is 0.162 e. The molecule has 0 aromatic heterocycles. The Morgan fingerprint density at radius 3 is 2.31 bits per heavy atom. The Morgan fingerprint density at radius 2 is 1.69 bits per heavy atom. The molecule has 2 heterocycles. The van der Waals surface area contributed by atoms with Crippen LogP contribution in [-0.2, 0) is 12.1 Å². The zero-order valence-electron chi connectivity index (χ0n) is 14.8. The van der Waals surface area contributed by atoms with E-state index >= 15 is 0 Å². The van der Waals surface area contributed by atoms with Crippen LogP contribution in [0, 0.1) is 11.6 Å². The van der Waals surface area contributed by atoms with Gasteiger partial charge in [0.05, 0.1) is 12.7 Å². The molecule has 2 aromatic rings. The summed E-state index contributed by atoms with van der Waals surface area (Å²) in [7, 11) is 1.42. The summed E-state index contributed by atoms with van der Waals surface area (Å²) in [5, 5.41) is 11.3. The minimum atomic E-state index is -1.20. The van der Waals surface area contributed by atoms with Gasteiger partial charge in [-0.15, -0.1) is 0 Å². The number of fused-ring (bicyclic) bond motifs is 2. The lowest BCUT2D eigenvalue weighted by Gasteiger charge is -2.44. The summed E-state index contributed by atoms with van der Waals surface area (Å²) >= 11 is 0. The van der Waals surface area contributed by atoms with E-state index in [-0.39, 0.29) is 17.8 Å². The third-order valence-electron chi connectivity index (χ3n) is 5.87. The first kappa shape index (κ1) is 17.4. The number of hydrogen-bond acceptors (Lipinski definition) is 3.